The van der Waals surface area contributed by atoms with Gasteiger partial charge in [0.25, 0.3) is 5.69 Å². The molecule has 1 aromatic carbocycles. The highest BCUT2D eigenvalue weighted by atomic mass is 32.1. The molecule has 1 N–H and O–H groups in total. The topological polar surface area (TPSA) is 75.5 Å². The zero-order chi connectivity index (χ0) is 17.1. The first-order valence-corrected chi connectivity index (χ1v) is 8.75. The van der Waals surface area contributed by atoms with E-state index in [1.165, 1.54) is 17.0 Å². The molecule has 1 fully saturated rings. The van der Waals surface area contributed by atoms with Gasteiger partial charge in [0.2, 0.25) is 5.91 Å². The number of hydrogen-bond acceptors (Lipinski definition) is 5. The van der Waals surface area contributed by atoms with Gasteiger partial charge in [0.1, 0.15) is 0 Å². The summed E-state index contributed by atoms with van der Waals surface area (Å²) in [5, 5.41) is 15.7. The van der Waals surface area contributed by atoms with E-state index in [0.717, 1.165) is 19.4 Å². The molecule has 1 aliphatic rings. The van der Waals surface area contributed by atoms with Crippen LogP contribution in [0.25, 0.3) is 0 Å². The van der Waals surface area contributed by atoms with E-state index in [1.807, 2.05) is 6.07 Å². The minimum Gasteiger partial charge on any atom is -0.325 e. The number of non-ortho nitro benzene ring substituents is 1. The lowest BCUT2D eigenvalue weighted by Crippen LogP contribution is -2.32. The van der Waals surface area contributed by atoms with Crippen LogP contribution in [-0.2, 0) is 4.79 Å². The summed E-state index contributed by atoms with van der Waals surface area (Å²) in [7, 11) is 0. The molecule has 3 rings (SSSR count). The first-order valence-electron chi connectivity index (χ1n) is 7.87. The summed E-state index contributed by atoms with van der Waals surface area (Å²) in [5.74, 6) is -0.0876. The van der Waals surface area contributed by atoms with Gasteiger partial charge in [-0.3, -0.25) is 19.8 Å². The number of nitrogens with one attached hydrogen (secondary N) is 1. The van der Waals surface area contributed by atoms with E-state index >= 15 is 0 Å². The maximum Gasteiger partial charge on any atom is 0.269 e. The molecule has 6 nitrogen and oxygen atoms in total. The molecule has 24 heavy (non-hydrogen) atoms. The number of thiophene rings is 1. The number of anilines is 1. The second-order valence-corrected chi connectivity index (χ2v) is 6.93. The SMILES string of the molecule is Cc1cc([N+](=O)[O-])ccc1NC(=O)CN1CCC[C@H]1c1cccs1. The average Bonchev–Trinajstić information content (AvgIpc) is 3.19. The van der Waals surface area contributed by atoms with Gasteiger partial charge in [-0.05, 0) is 49.4 Å². The molecule has 0 spiro atoms. The molecule has 0 aliphatic carbocycles. The van der Waals surface area contributed by atoms with Crippen LogP contribution in [0.15, 0.2) is 35.7 Å². The van der Waals surface area contributed by atoms with E-state index in [4.69, 9.17) is 0 Å². The summed E-state index contributed by atoms with van der Waals surface area (Å²) >= 11 is 1.72. The quantitative estimate of drug-likeness (QED) is 0.661. The van der Waals surface area contributed by atoms with Gasteiger partial charge < -0.3 is 5.32 Å². The van der Waals surface area contributed by atoms with Crippen LogP contribution in [0, 0.1) is 17.0 Å². The lowest BCUT2D eigenvalue weighted by molar-refractivity contribution is -0.384. The summed E-state index contributed by atoms with van der Waals surface area (Å²) in [4.78, 5) is 26.2. The fourth-order valence-electron chi connectivity index (χ4n) is 3.09. The summed E-state index contributed by atoms with van der Waals surface area (Å²) in [6.45, 7) is 3.00. The first kappa shape index (κ1) is 16.6. The second kappa shape index (κ2) is 7.11. The third kappa shape index (κ3) is 3.63. The summed E-state index contributed by atoms with van der Waals surface area (Å²) in [6.07, 6.45) is 2.16. The van der Waals surface area contributed by atoms with Crippen molar-refractivity contribution in [2.75, 3.05) is 18.4 Å². The summed E-state index contributed by atoms with van der Waals surface area (Å²) in [5.41, 5.74) is 1.34. The van der Waals surface area contributed by atoms with Crippen molar-refractivity contribution >= 4 is 28.6 Å². The number of nitro groups is 1. The van der Waals surface area contributed by atoms with Gasteiger partial charge in [0.05, 0.1) is 11.5 Å². The highest BCUT2D eigenvalue weighted by molar-refractivity contribution is 7.10. The van der Waals surface area contributed by atoms with Gasteiger partial charge in [-0.1, -0.05) is 6.07 Å². The Hall–Kier alpha value is -2.25. The van der Waals surface area contributed by atoms with Crippen LogP contribution in [0.2, 0.25) is 0 Å². The van der Waals surface area contributed by atoms with Crippen molar-refractivity contribution < 1.29 is 9.72 Å². The Kier molecular flexibility index (Phi) is 4.92. The number of nitro benzene ring substituents is 1. The van der Waals surface area contributed by atoms with Crippen molar-refractivity contribution in [3.8, 4) is 0 Å². The lowest BCUT2D eigenvalue weighted by atomic mass is 10.1. The average molecular weight is 345 g/mol. The van der Waals surface area contributed by atoms with Crippen LogP contribution in [0.5, 0.6) is 0 Å². The molecule has 7 heteroatoms. The van der Waals surface area contributed by atoms with E-state index in [0.29, 0.717) is 23.8 Å². The lowest BCUT2D eigenvalue weighted by Gasteiger charge is -2.23. The van der Waals surface area contributed by atoms with Gasteiger partial charge in [-0.2, -0.15) is 0 Å². The molecule has 2 aromatic rings. The molecule has 0 bridgehead atoms. The Bertz CT molecular complexity index is 746. The van der Waals surface area contributed by atoms with Crippen LogP contribution in [0.1, 0.15) is 29.3 Å². The maximum atomic E-state index is 12.4. The van der Waals surface area contributed by atoms with Crippen LogP contribution in [0.3, 0.4) is 0 Å². The minimum absolute atomic E-state index is 0.0304. The number of likely N-dealkylation sites (tertiary alicyclic amines) is 1. The summed E-state index contributed by atoms with van der Waals surface area (Å²) < 4.78 is 0. The standard InChI is InChI=1S/C17H19N3O3S/c1-12-10-13(20(22)23)6-7-14(12)18-17(21)11-19-8-2-4-15(19)16-5-3-9-24-16/h3,5-7,9-10,15H,2,4,8,11H2,1H3,(H,18,21)/t15-/m0/s1. The third-order valence-corrected chi connectivity index (χ3v) is 5.25. The van der Waals surface area contributed by atoms with Crippen LogP contribution >= 0.6 is 11.3 Å². The number of carbonyl (C=O) groups excluding carboxylic acids is 1. The Morgan fingerprint density at radius 1 is 1.46 bits per heavy atom. The second-order valence-electron chi connectivity index (χ2n) is 5.95. The maximum absolute atomic E-state index is 12.4. The van der Waals surface area contributed by atoms with E-state index in [-0.39, 0.29) is 11.6 Å². The number of benzene rings is 1. The molecular weight excluding hydrogens is 326 g/mol. The highest BCUT2D eigenvalue weighted by Gasteiger charge is 2.28. The number of amides is 1. The number of aryl methyl sites for hydroxylation is 1. The van der Waals surface area contributed by atoms with Crippen LogP contribution in [0.4, 0.5) is 11.4 Å². The van der Waals surface area contributed by atoms with Crippen molar-refractivity contribution in [2.24, 2.45) is 0 Å². The molecule has 0 radical (unpaired) electrons. The van der Waals surface area contributed by atoms with Crippen molar-refractivity contribution in [3.63, 3.8) is 0 Å². The summed E-state index contributed by atoms with van der Waals surface area (Å²) in [6, 6.07) is 8.94. The first-order chi connectivity index (χ1) is 11.5. The monoisotopic (exact) mass is 345 g/mol. The van der Waals surface area contributed by atoms with Gasteiger partial charge in [0.15, 0.2) is 0 Å². The molecule has 1 aliphatic heterocycles. The molecule has 1 aromatic heterocycles. The van der Waals surface area contributed by atoms with Gasteiger partial charge in [-0.15, -0.1) is 11.3 Å². The Morgan fingerprint density at radius 3 is 2.96 bits per heavy atom. The predicted octanol–water partition coefficient (Wildman–Crippen LogP) is 3.74. The number of nitrogens with zero attached hydrogens (tertiary/aromatic N) is 2. The van der Waals surface area contributed by atoms with Crippen molar-refractivity contribution in [1.29, 1.82) is 0 Å². The smallest absolute Gasteiger partial charge is 0.269 e. The molecule has 1 atom stereocenters. The van der Waals surface area contributed by atoms with Gasteiger partial charge in [-0.25, -0.2) is 0 Å². The predicted molar refractivity (Wildman–Crippen MR) is 94.3 cm³/mol. The van der Waals surface area contributed by atoms with Crippen molar-refractivity contribution in [2.45, 2.75) is 25.8 Å². The fourth-order valence-corrected chi connectivity index (χ4v) is 3.99. The van der Waals surface area contributed by atoms with Crippen LogP contribution < -0.4 is 5.32 Å². The normalized spacial score (nSPS) is 17.8. The van der Waals surface area contributed by atoms with E-state index in [1.54, 1.807) is 24.3 Å². The van der Waals surface area contributed by atoms with E-state index in [2.05, 4.69) is 21.7 Å². The molecule has 126 valence electrons. The Labute approximate surface area is 144 Å². The highest BCUT2D eigenvalue weighted by Crippen LogP contribution is 2.34. The molecule has 0 unspecified atom stereocenters. The van der Waals surface area contributed by atoms with Gasteiger partial charge in [0, 0.05) is 28.7 Å². The van der Waals surface area contributed by atoms with Crippen molar-refractivity contribution in [1.82, 2.24) is 4.90 Å². The Balaban J connectivity index is 1.64. The zero-order valence-corrected chi connectivity index (χ0v) is 14.2. The largest absolute Gasteiger partial charge is 0.325 e. The molecule has 1 saturated heterocycles. The number of hydrogen-bond donors (Lipinski definition) is 1. The third-order valence-electron chi connectivity index (χ3n) is 4.28. The van der Waals surface area contributed by atoms with Crippen molar-refractivity contribution in [3.05, 3.63) is 56.3 Å². The van der Waals surface area contributed by atoms with Gasteiger partial charge >= 0.3 is 0 Å². The molecule has 0 saturated carbocycles. The molecular formula is C17H19N3O3S. The number of rotatable bonds is 5. The van der Waals surface area contributed by atoms with Crippen LogP contribution in [-0.4, -0.2) is 28.8 Å². The zero-order valence-electron chi connectivity index (χ0n) is 13.4. The molecule has 2 heterocycles. The fraction of sp³-hybridized carbons (Fsp3) is 0.353. The number of carbonyl (C=O) groups is 1. The Morgan fingerprint density at radius 2 is 2.29 bits per heavy atom. The van der Waals surface area contributed by atoms with E-state index < -0.39 is 4.92 Å². The van der Waals surface area contributed by atoms with E-state index in [9.17, 15) is 14.9 Å². The molecule has 1 amide bonds. The minimum atomic E-state index is -0.436.